The summed E-state index contributed by atoms with van der Waals surface area (Å²) >= 11 is 0. The minimum absolute atomic E-state index is 0.218. The van der Waals surface area contributed by atoms with Gasteiger partial charge in [0.1, 0.15) is 0 Å². The molecule has 0 spiro atoms. The normalized spacial score (nSPS) is 15.4. The van der Waals surface area contributed by atoms with Gasteiger partial charge in [-0.05, 0) is 13.0 Å². The standard InChI is InChI=1S/C9H12FNO2/c1-5(12)8(11)6-3-2-4-7(10)9(6)13/h2-5,8,12-13H,11H2,1H3. The molecule has 4 heteroatoms. The second-order valence-corrected chi connectivity index (χ2v) is 2.94. The zero-order valence-electron chi connectivity index (χ0n) is 7.24. The van der Waals surface area contributed by atoms with Crippen molar-refractivity contribution in [1.29, 1.82) is 0 Å². The lowest BCUT2D eigenvalue weighted by atomic mass is 10.0. The van der Waals surface area contributed by atoms with E-state index in [4.69, 9.17) is 10.8 Å². The molecule has 0 aliphatic rings. The smallest absolute Gasteiger partial charge is 0.165 e. The van der Waals surface area contributed by atoms with Crippen LogP contribution in [-0.2, 0) is 0 Å². The van der Waals surface area contributed by atoms with Crippen molar-refractivity contribution in [2.45, 2.75) is 19.1 Å². The minimum atomic E-state index is -0.826. The van der Waals surface area contributed by atoms with Crippen molar-refractivity contribution >= 4 is 0 Å². The number of hydrogen-bond acceptors (Lipinski definition) is 3. The van der Waals surface area contributed by atoms with Crippen molar-refractivity contribution < 1.29 is 14.6 Å². The molecular formula is C9H12FNO2. The van der Waals surface area contributed by atoms with E-state index in [1.165, 1.54) is 19.1 Å². The third-order valence-corrected chi connectivity index (χ3v) is 1.90. The summed E-state index contributed by atoms with van der Waals surface area (Å²) in [6.07, 6.45) is -0.826. The molecule has 0 heterocycles. The molecule has 3 nitrogen and oxygen atoms in total. The summed E-state index contributed by atoms with van der Waals surface area (Å²) in [6.45, 7) is 1.48. The number of aliphatic hydroxyl groups excluding tert-OH is 1. The molecule has 0 saturated carbocycles. The highest BCUT2D eigenvalue weighted by molar-refractivity contribution is 5.36. The van der Waals surface area contributed by atoms with Gasteiger partial charge in [0, 0.05) is 5.56 Å². The highest BCUT2D eigenvalue weighted by atomic mass is 19.1. The molecule has 2 unspecified atom stereocenters. The minimum Gasteiger partial charge on any atom is -0.505 e. The van der Waals surface area contributed by atoms with Gasteiger partial charge in [0.25, 0.3) is 0 Å². The quantitative estimate of drug-likeness (QED) is 0.641. The van der Waals surface area contributed by atoms with E-state index in [-0.39, 0.29) is 5.56 Å². The van der Waals surface area contributed by atoms with Gasteiger partial charge in [0.05, 0.1) is 12.1 Å². The van der Waals surface area contributed by atoms with Crippen LogP contribution in [0.15, 0.2) is 18.2 Å². The van der Waals surface area contributed by atoms with Gasteiger partial charge in [0.15, 0.2) is 11.6 Å². The monoisotopic (exact) mass is 185 g/mol. The summed E-state index contributed by atoms with van der Waals surface area (Å²) in [5, 5.41) is 18.4. The zero-order chi connectivity index (χ0) is 10.0. The van der Waals surface area contributed by atoms with E-state index in [0.717, 1.165) is 6.07 Å². The van der Waals surface area contributed by atoms with Crippen LogP contribution < -0.4 is 5.73 Å². The van der Waals surface area contributed by atoms with Gasteiger partial charge in [0.2, 0.25) is 0 Å². The van der Waals surface area contributed by atoms with E-state index < -0.39 is 23.7 Å². The van der Waals surface area contributed by atoms with Crippen molar-refractivity contribution in [3.63, 3.8) is 0 Å². The van der Waals surface area contributed by atoms with Crippen LogP contribution in [0.3, 0.4) is 0 Å². The Kier molecular flexibility index (Phi) is 2.85. The Morgan fingerprint density at radius 1 is 1.46 bits per heavy atom. The molecule has 0 amide bonds. The Morgan fingerprint density at radius 3 is 2.62 bits per heavy atom. The van der Waals surface area contributed by atoms with Crippen LogP contribution in [0.4, 0.5) is 4.39 Å². The van der Waals surface area contributed by atoms with Crippen molar-refractivity contribution in [2.24, 2.45) is 5.73 Å². The van der Waals surface area contributed by atoms with Gasteiger partial charge < -0.3 is 15.9 Å². The van der Waals surface area contributed by atoms with Crippen molar-refractivity contribution in [2.75, 3.05) is 0 Å². The van der Waals surface area contributed by atoms with Gasteiger partial charge >= 0.3 is 0 Å². The predicted molar refractivity (Wildman–Crippen MR) is 46.7 cm³/mol. The largest absolute Gasteiger partial charge is 0.505 e. The molecule has 1 aromatic rings. The fraction of sp³-hybridized carbons (Fsp3) is 0.333. The lowest BCUT2D eigenvalue weighted by Gasteiger charge is -2.16. The molecular weight excluding hydrogens is 173 g/mol. The van der Waals surface area contributed by atoms with Crippen molar-refractivity contribution in [1.82, 2.24) is 0 Å². The maximum absolute atomic E-state index is 12.8. The Hall–Kier alpha value is -1.13. The Morgan fingerprint density at radius 2 is 2.08 bits per heavy atom. The summed E-state index contributed by atoms with van der Waals surface area (Å²) in [4.78, 5) is 0. The zero-order valence-corrected chi connectivity index (χ0v) is 7.24. The average molecular weight is 185 g/mol. The molecule has 4 N–H and O–H groups in total. The molecule has 0 fully saturated rings. The second kappa shape index (κ2) is 3.72. The molecule has 72 valence electrons. The van der Waals surface area contributed by atoms with Crippen LogP contribution >= 0.6 is 0 Å². The number of aromatic hydroxyl groups is 1. The van der Waals surface area contributed by atoms with Crippen LogP contribution in [0, 0.1) is 5.82 Å². The number of rotatable bonds is 2. The number of phenolic OH excluding ortho intramolecular Hbond substituents is 1. The van der Waals surface area contributed by atoms with E-state index in [2.05, 4.69) is 0 Å². The maximum Gasteiger partial charge on any atom is 0.165 e. The molecule has 0 aliphatic carbocycles. The maximum atomic E-state index is 12.8. The van der Waals surface area contributed by atoms with Crippen LogP contribution in [-0.4, -0.2) is 16.3 Å². The van der Waals surface area contributed by atoms with Crippen LogP contribution in [0.2, 0.25) is 0 Å². The molecule has 13 heavy (non-hydrogen) atoms. The molecule has 0 saturated heterocycles. The van der Waals surface area contributed by atoms with Crippen LogP contribution in [0.1, 0.15) is 18.5 Å². The number of para-hydroxylation sites is 1. The molecule has 1 aromatic carbocycles. The fourth-order valence-corrected chi connectivity index (χ4v) is 1.06. The van der Waals surface area contributed by atoms with Crippen LogP contribution in [0.25, 0.3) is 0 Å². The number of halogens is 1. The first kappa shape index (κ1) is 9.95. The number of phenols is 1. The van der Waals surface area contributed by atoms with Gasteiger partial charge in [-0.1, -0.05) is 12.1 Å². The molecule has 0 aromatic heterocycles. The third-order valence-electron chi connectivity index (χ3n) is 1.90. The molecule has 0 radical (unpaired) electrons. The SMILES string of the molecule is CC(O)C(N)c1cccc(F)c1O. The lowest BCUT2D eigenvalue weighted by Crippen LogP contribution is -2.23. The number of aliphatic hydroxyl groups is 1. The van der Waals surface area contributed by atoms with E-state index in [1.807, 2.05) is 0 Å². The summed E-state index contributed by atoms with van der Waals surface area (Å²) < 4.78 is 12.8. The van der Waals surface area contributed by atoms with Gasteiger partial charge in [-0.15, -0.1) is 0 Å². The van der Waals surface area contributed by atoms with E-state index in [9.17, 15) is 9.50 Å². The number of nitrogens with two attached hydrogens (primary N) is 1. The summed E-state index contributed by atoms with van der Waals surface area (Å²) in [6, 6.07) is 3.28. The summed E-state index contributed by atoms with van der Waals surface area (Å²) in [5.74, 6) is -1.22. The Labute approximate surface area is 75.6 Å². The first-order valence-electron chi connectivity index (χ1n) is 3.95. The second-order valence-electron chi connectivity index (χ2n) is 2.94. The van der Waals surface area contributed by atoms with E-state index in [1.54, 1.807) is 0 Å². The van der Waals surface area contributed by atoms with Gasteiger partial charge in [-0.2, -0.15) is 0 Å². The Balaban J connectivity index is 3.07. The van der Waals surface area contributed by atoms with Crippen molar-refractivity contribution in [3.8, 4) is 5.75 Å². The van der Waals surface area contributed by atoms with E-state index in [0.29, 0.717) is 0 Å². The first-order chi connectivity index (χ1) is 6.04. The lowest BCUT2D eigenvalue weighted by molar-refractivity contribution is 0.162. The first-order valence-corrected chi connectivity index (χ1v) is 3.95. The number of benzene rings is 1. The molecule has 0 bridgehead atoms. The van der Waals surface area contributed by atoms with Gasteiger partial charge in [-0.25, -0.2) is 4.39 Å². The molecule has 2 atom stereocenters. The third kappa shape index (κ3) is 1.96. The van der Waals surface area contributed by atoms with Crippen LogP contribution in [0.5, 0.6) is 5.75 Å². The Bertz CT molecular complexity index is 302. The van der Waals surface area contributed by atoms with Gasteiger partial charge in [-0.3, -0.25) is 0 Å². The summed E-state index contributed by atoms with van der Waals surface area (Å²) in [5.41, 5.74) is 5.75. The average Bonchev–Trinajstić information content (AvgIpc) is 2.08. The topological polar surface area (TPSA) is 66.5 Å². The summed E-state index contributed by atoms with van der Waals surface area (Å²) in [7, 11) is 0. The molecule has 0 aliphatic heterocycles. The highest BCUT2D eigenvalue weighted by Crippen LogP contribution is 2.26. The van der Waals surface area contributed by atoms with E-state index >= 15 is 0 Å². The number of hydrogen-bond donors (Lipinski definition) is 3. The fourth-order valence-electron chi connectivity index (χ4n) is 1.06. The highest BCUT2D eigenvalue weighted by Gasteiger charge is 2.17. The predicted octanol–water partition coefficient (Wildman–Crippen LogP) is 0.912. The van der Waals surface area contributed by atoms with Crippen molar-refractivity contribution in [3.05, 3.63) is 29.6 Å². The molecule has 1 rings (SSSR count).